The van der Waals surface area contributed by atoms with Gasteiger partial charge in [-0.05, 0) is 37.4 Å². The second-order valence-corrected chi connectivity index (χ2v) is 5.46. The molecular weight excluding hydrogens is 260 g/mol. The molecular formula is C15H21ClN2O. The van der Waals surface area contributed by atoms with Gasteiger partial charge in [-0.1, -0.05) is 24.3 Å². The topological polar surface area (TPSA) is 41.1 Å². The maximum atomic E-state index is 12.1. The van der Waals surface area contributed by atoms with Crippen LogP contribution in [0.25, 0.3) is 0 Å². The highest BCUT2D eigenvalue weighted by atomic mass is 35.5. The minimum atomic E-state index is 0. The summed E-state index contributed by atoms with van der Waals surface area (Å²) in [7, 11) is 1.90. The zero-order chi connectivity index (χ0) is 12.6. The molecule has 2 N–H and O–H groups in total. The first-order chi connectivity index (χ1) is 8.78. The van der Waals surface area contributed by atoms with Gasteiger partial charge in [-0.15, -0.1) is 12.4 Å². The van der Waals surface area contributed by atoms with Gasteiger partial charge in [0.25, 0.3) is 0 Å². The Kier molecular flexibility index (Phi) is 4.16. The van der Waals surface area contributed by atoms with E-state index in [-0.39, 0.29) is 29.6 Å². The average molecular weight is 281 g/mol. The Hall–Kier alpha value is -1.06. The maximum absolute atomic E-state index is 12.1. The van der Waals surface area contributed by atoms with Gasteiger partial charge in [0, 0.05) is 24.4 Å². The Balaban J connectivity index is 0.00000133. The molecule has 1 fully saturated rings. The quantitative estimate of drug-likeness (QED) is 0.824. The van der Waals surface area contributed by atoms with Gasteiger partial charge in [-0.2, -0.15) is 0 Å². The largest absolute Gasteiger partial charge is 0.355 e. The van der Waals surface area contributed by atoms with Crippen molar-refractivity contribution in [1.29, 1.82) is 0 Å². The molecule has 2 atom stereocenters. The van der Waals surface area contributed by atoms with Crippen molar-refractivity contribution in [1.82, 2.24) is 10.6 Å². The van der Waals surface area contributed by atoms with Gasteiger partial charge in [-0.25, -0.2) is 0 Å². The van der Waals surface area contributed by atoms with Crippen LogP contribution in [-0.4, -0.2) is 26.0 Å². The van der Waals surface area contributed by atoms with E-state index in [4.69, 9.17) is 0 Å². The minimum Gasteiger partial charge on any atom is -0.355 e. The molecule has 4 heteroatoms. The molecule has 0 heterocycles. The van der Waals surface area contributed by atoms with Crippen LogP contribution >= 0.6 is 12.4 Å². The third-order valence-corrected chi connectivity index (χ3v) is 4.46. The maximum Gasteiger partial charge on any atom is 0.224 e. The lowest BCUT2D eigenvalue weighted by molar-refractivity contribution is -0.122. The van der Waals surface area contributed by atoms with E-state index >= 15 is 0 Å². The summed E-state index contributed by atoms with van der Waals surface area (Å²) in [5.41, 5.74) is 3.06. The zero-order valence-corrected chi connectivity index (χ0v) is 12.1. The van der Waals surface area contributed by atoms with E-state index in [1.165, 1.54) is 11.1 Å². The molecule has 1 spiro atoms. The van der Waals surface area contributed by atoms with Gasteiger partial charge in [0.15, 0.2) is 0 Å². The molecule has 0 saturated heterocycles. The van der Waals surface area contributed by atoms with Crippen molar-refractivity contribution in [3.05, 3.63) is 35.4 Å². The normalized spacial score (nSPS) is 26.7. The first-order valence-electron chi connectivity index (χ1n) is 6.78. The predicted molar refractivity (Wildman–Crippen MR) is 78.7 cm³/mol. The van der Waals surface area contributed by atoms with Gasteiger partial charge >= 0.3 is 0 Å². The predicted octanol–water partition coefficient (Wildman–Crippen LogP) is 1.65. The Morgan fingerprint density at radius 1 is 1.37 bits per heavy atom. The summed E-state index contributed by atoms with van der Waals surface area (Å²) in [6, 6.07) is 8.62. The van der Waals surface area contributed by atoms with Crippen LogP contribution in [0.3, 0.4) is 0 Å². The molecule has 2 aliphatic rings. The second-order valence-electron chi connectivity index (χ2n) is 5.46. The second kappa shape index (κ2) is 5.51. The van der Waals surface area contributed by atoms with Gasteiger partial charge in [0.05, 0.1) is 0 Å². The Bertz CT molecular complexity index is 477. The highest BCUT2D eigenvalue weighted by Gasteiger charge is 2.61. The zero-order valence-electron chi connectivity index (χ0n) is 11.2. The van der Waals surface area contributed by atoms with Crippen LogP contribution in [0.4, 0.5) is 0 Å². The van der Waals surface area contributed by atoms with E-state index in [9.17, 15) is 4.79 Å². The number of likely N-dealkylation sites (N-methyl/N-ethyl adjacent to an activating group) is 1. The smallest absolute Gasteiger partial charge is 0.224 e. The van der Waals surface area contributed by atoms with E-state index in [2.05, 4.69) is 34.9 Å². The van der Waals surface area contributed by atoms with E-state index in [1.807, 2.05) is 7.05 Å². The molecule has 3 nitrogen and oxygen atoms in total. The fraction of sp³-hybridized carbons (Fsp3) is 0.533. The summed E-state index contributed by atoms with van der Waals surface area (Å²) in [6.07, 6.45) is 3.32. The van der Waals surface area contributed by atoms with Crippen molar-refractivity contribution in [2.24, 2.45) is 5.92 Å². The number of halogens is 1. The summed E-state index contributed by atoms with van der Waals surface area (Å²) in [4.78, 5) is 12.1. The third kappa shape index (κ3) is 2.37. The molecule has 0 aromatic heterocycles. The number of carbonyl (C=O) groups is 1. The van der Waals surface area contributed by atoms with Crippen LogP contribution in [0, 0.1) is 5.92 Å². The number of benzene rings is 1. The number of fused-ring (bicyclic) bond motifs is 2. The SMILES string of the molecule is CNCCNC(=O)C1CC12CCc1ccccc12.Cl. The fourth-order valence-electron chi connectivity index (χ4n) is 3.37. The van der Waals surface area contributed by atoms with Crippen molar-refractivity contribution in [2.75, 3.05) is 20.1 Å². The van der Waals surface area contributed by atoms with Crippen LogP contribution in [0.15, 0.2) is 24.3 Å². The first-order valence-corrected chi connectivity index (χ1v) is 6.78. The molecule has 1 amide bonds. The van der Waals surface area contributed by atoms with Crippen LogP contribution in [0.1, 0.15) is 24.0 Å². The molecule has 1 aromatic rings. The lowest BCUT2D eigenvalue weighted by atomic mass is 9.95. The molecule has 104 valence electrons. The third-order valence-electron chi connectivity index (χ3n) is 4.46. The van der Waals surface area contributed by atoms with E-state index in [0.29, 0.717) is 0 Å². The summed E-state index contributed by atoms with van der Waals surface area (Å²) in [5, 5.41) is 6.07. The number of hydrogen-bond acceptors (Lipinski definition) is 2. The standard InChI is InChI=1S/C15H20N2O.ClH/c1-16-8-9-17-14(18)13-10-15(13)7-6-11-4-2-3-5-12(11)15;/h2-5,13,16H,6-10H2,1H3,(H,17,18);1H. The van der Waals surface area contributed by atoms with Crippen molar-refractivity contribution >= 4 is 18.3 Å². The van der Waals surface area contributed by atoms with Gasteiger partial charge in [0.2, 0.25) is 5.91 Å². The number of rotatable bonds is 4. The lowest BCUT2D eigenvalue weighted by Gasteiger charge is -2.11. The number of amides is 1. The molecule has 0 bridgehead atoms. The van der Waals surface area contributed by atoms with Crippen molar-refractivity contribution < 1.29 is 4.79 Å². The van der Waals surface area contributed by atoms with Gasteiger partial charge in [0.1, 0.15) is 0 Å². The van der Waals surface area contributed by atoms with E-state index in [0.717, 1.165) is 32.4 Å². The van der Waals surface area contributed by atoms with Crippen molar-refractivity contribution in [3.63, 3.8) is 0 Å². The number of hydrogen-bond donors (Lipinski definition) is 2. The Morgan fingerprint density at radius 3 is 2.95 bits per heavy atom. The Labute approximate surface area is 120 Å². The molecule has 0 radical (unpaired) electrons. The molecule has 19 heavy (non-hydrogen) atoms. The summed E-state index contributed by atoms with van der Waals surface area (Å²) in [6.45, 7) is 1.56. The van der Waals surface area contributed by atoms with E-state index < -0.39 is 0 Å². The Morgan fingerprint density at radius 2 is 2.16 bits per heavy atom. The molecule has 3 rings (SSSR count). The molecule has 2 unspecified atom stereocenters. The van der Waals surface area contributed by atoms with Crippen molar-refractivity contribution in [2.45, 2.75) is 24.7 Å². The fourth-order valence-corrected chi connectivity index (χ4v) is 3.37. The molecule has 2 aliphatic carbocycles. The van der Waals surface area contributed by atoms with E-state index in [1.54, 1.807) is 0 Å². The van der Waals surface area contributed by atoms with Crippen LogP contribution < -0.4 is 10.6 Å². The highest BCUT2D eigenvalue weighted by Crippen LogP contribution is 2.61. The van der Waals surface area contributed by atoms with Crippen LogP contribution in [-0.2, 0) is 16.6 Å². The number of nitrogens with one attached hydrogen (secondary N) is 2. The highest BCUT2D eigenvalue weighted by molar-refractivity contribution is 5.85. The molecule has 0 aliphatic heterocycles. The summed E-state index contributed by atoms with van der Waals surface area (Å²) < 4.78 is 0. The minimum absolute atomic E-state index is 0. The van der Waals surface area contributed by atoms with Gasteiger partial charge < -0.3 is 10.6 Å². The molecule has 1 saturated carbocycles. The summed E-state index contributed by atoms with van der Waals surface area (Å²) in [5.74, 6) is 0.444. The lowest BCUT2D eigenvalue weighted by Crippen LogP contribution is -2.33. The molecule has 1 aromatic carbocycles. The van der Waals surface area contributed by atoms with Gasteiger partial charge in [-0.3, -0.25) is 4.79 Å². The number of carbonyl (C=O) groups excluding carboxylic acids is 1. The van der Waals surface area contributed by atoms with Crippen LogP contribution in [0.5, 0.6) is 0 Å². The van der Waals surface area contributed by atoms with Crippen molar-refractivity contribution in [3.8, 4) is 0 Å². The monoisotopic (exact) mass is 280 g/mol. The number of aryl methyl sites for hydroxylation is 1. The average Bonchev–Trinajstić information content (AvgIpc) is 3.01. The van der Waals surface area contributed by atoms with Crippen LogP contribution in [0.2, 0.25) is 0 Å². The summed E-state index contributed by atoms with van der Waals surface area (Å²) >= 11 is 0. The first kappa shape index (κ1) is 14.4.